The molecule has 3 aromatic carbocycles. The third kappa shape index (κ3) is 4.36. The summed E-state index contributed by atoms with van der Waals surface area (Å²) in [4.78, 5) is 50.8. The fraction of sp³-hybridized carbons (Fsp3) is 0.160. The second kappa shape index (κ2) is 9.14. The molecular weight excluding hydrogens is 436 g/mol. The molecule has 4 rings (SSSR count). The zero-order valence-electron chi connectivity index (χ0n) is 18.4. The number of nitrogens with zero attached hydrogens (tertiary/aromatic N) is 2. The molecule has 0 saturated carbocycles. The number of anilines is 1. The monoisotopic (exact) mass is 458 g/mol. The number of benzene rings is 3. The van der Waals surface area contributed by atoms with Crippen LogP contribution in [0.1, 0.15) is 16.7 Å². The third-order valence-electron chi connectivity index (χ3n) is 5.68. The first kappa shape index (κ1) is 22.7. The van der Waals surface area contributed by atoms with Crippen molar-refractivity contribution in [1.82, 2.24) is 10.2 Å². The predicted octanol–water partition coefficient (Wildman–Crippen LogP) is 3.53. The summed E-state index contributed by atoms with van der Waals surface area (Å²) in [6.45, 7) is 1.11. The van der Waals surface area contributed by atoms with E-state index in [1.807, 2.05) is 30.3 Å². The van der Waals surface area contributed by atoms with Gasteiger partial charge in [0.25, 0.3) is 11.6 Å². The van der Waals surface area contributed by atoms with Crippen LogP contribution in [0.4, 0.5) is 16.2 Å². The molecule has 1 aliphatic rings. The first-order valence-corrected chi connectivity index (χ1v) is 10.6. The van der Waals surface area contributed by atoms with Crippen LogP contribution in [-0.4, -0.2) is 34.2 Å². The second-order valence-electron chi connectivity index (χ2n) is 8.08. The Balaban J connectivity index is 1.60. The molecule has 4 amide bonds. The quantitative estimate of drug-likeness (QED) is 0.319. The van der Waals surface area contributed by atoms with Crippen LogP contribution < -0.4 is 10.6 Å². The van der Waals surface area contributed by atoms with Crippen LogP contribution in [0.2, 0.25) is 0 Å². The summed E-state index contributed by atoms with van der Waals surface area (Å²) in [6, 6.07) is 21.8. The average Bonchev–Trinajstić information content (AvgIpc) is 3.06. The summed E-state index contributed by atoms with van der Waals surface area (Å²) in [5, 5.41) is 16.6. The highest BCUT2D eigenvalue weighted by molar-refractivity contribution is 6.10. The SMILES string of the molecule is Cc1ccc(NC(=O)CN2C(=O)NC(Cc3ccccc3)(c3ccccc3)C2=O)c([N+](=O)[O-])c1. The van der Waals surface area contributed by atoms with Crippen LogP contribution in [0, 0.1) is 17.0 Å². The number of nitro groups is 1. The molecule has 9 nitrogen and oxygen atoms in total. The zero-order chi connectivity index (χ0) is 24.3. The number of hydrogen-bond acceptors (Lipinski definition) is 5. The van der Waals surface area contributed by atoms with Gasteiger partial charge in [-0.25, -0.2) is 4.79 Å². The third-order valence-corrected chi connectivity index (χ3v) is 5.68. The van der Waals surface area contributed by atoms with Crippen molar-refractivity contribution in [2.45, 2.75) is 18.9 Å². The normalized spacial score (nSPS) is 17.4. The number of carbonyl (C=O) groups excluding carboxylic acids is 3. The molecule has 172 valence electrons. The highest BCUT2D eigenvalue weighted by atomic mass is 16.6. The van der Waals surface area contributed by atoms with Crippen molar-refractivity contribution >= 4 is 29.2 Å². The minimum absolute atomic E-state index is 0.00809. The van der Waals surface area contributed by atoms with Gasteiger partial charge in [-0.2, -0.15) is 0 Å². The molecule has 34 heavy (non-hydrogen) atoms. The number of imide groups is 1. The Morgan fingerprint density at radius 3 is 2.32 bits per heavy atom. The first-order chi connectivity index (χ1) is 16.3. The first-order valence-electron chi connectivity index (χ1n) is 10.6. The van der Waals surface area contributed by atoms with Crippen molar-refractivity contribution in [3.63, 3.8) is 0 Å². The van der Waals surface area contributed by atoms with E-state index in [-0.39, 0.29) is 17.8 Å². The van der Waals surface area contributed by atoms with E-state index in [9.17, 15) is 24.5 Å². The summed E-state index contributed by atoms with van der Waals surface area (Å²) < 4.78 is 0. The molecule has 1 aliphatic heterocycles. The number of carbonyl (C=O) groups is 3. The Morgan fingerprint density at radius 2 is 1.68 bits per heavy atom. The number of urea groups is 1. The van der Waals surface area contributed by atoms with Crippen molar-refractivity contribution in [1.29, 1.82) is 0 Å². The Hall–Kier alpha value is -4.53. The lowest BCUT2D eigenvalue weighted by atomic mass is 9.83. The van der Waals surface area contributed by atoms with E-state index in [0.717, 1.165) is 10.5 Å². The summed E-state index contributed by atoms with van der Waals surface area (Å²) >= 11 is 0. The lowest BCUT2D eigenvalue weighted by Crippen LogP contribution is -2.46. The molecule has 1 atom stereocenters. The molecule has 3 aromatic rings. The molecule has 1 fully saturated rings. The lowest BCUT2D eigenvalue weighted by Gasteiger charge is -2.27. The maximum Gasteiger partial charge on any atom is 0.325 e. The highest BCUT2D eigenvalue weighted by Crippen LogP contribution is 2.33. The van der Waals surface area contributed by atoms with Crippen LogP contribution >= 0.6 is 0 Å². The topological polar surface area (TPSA) is 122 Å². The number of hydrogen-bond donors (Lipinski definition) is 2. The molecule has 1 saturated heterocycles. The standard InChI is InChI=1S/C25H22N4O5/c1-17-12-13-20(21(14-17)29(33)34)26-22(30)16-28-23(31)25(27-24(28)32,19-10-6-3-7-11-19)15-18-8-4-2-5-9-18/h2-14H,15-16H2,1H3,(H,26,30)(H,27,32). The van der Waals surface area contributed by atoms with Gasteiger partial charge in [-0.3, -0.25) is 24.6 Å². The molecule has 0 bridgehead atoms. The van der Waals surface area contributed by atoms with E-state index in [1.54, 1.807) is 43.3 Å². The molecule has 2 N–H and O–H groups in total. The number of nitrogens with one attached hydrogen (secondary N) is 2. The van der Waals surface area contributed by atoms with Crippen LogP contribution in [0.25, 0.3) is 0 Å². The molecule has 0 aliphatic carbocycles. The Labute approximate surface area is 195 Å². The lowest BCUT2D eigenvalue weighted by molar-refractivity contribution is -0.384. The maximum atomic E-state index is 13.6. The fourth-order valence-electron chi connectivity index (χ4n) is 4.04. The van der Waals surface area contributed by atoms with Gasteiger partial charge in [0, 0.05) is 12.5 Å². The number of nitro benzene ring substituents is 1. The van der Waals surface area contributed by atoms with E-state index >= 15 is 0 Å². The molecule has 1 heterocycles. The fourth-order valence-corrected chi connectivity index (χ4v) is 4.04. The average molecular weight is 458 g/mol. The van der Waals surface area contributed by atoms with Gasteiger partial charge in [-0.05, 0) is 29.7 Å². The molecule has 0 aromatic heterocycles. The van der Waals surface area contributed by atoms with Gasteiger partial charge in [-0.15, -0.1) is 0 Å². The number of rotatable bonds is 7. The molecule has 1 unspecified atom stereocenters. The maximum absolute atomic E-state index is 13.6. The number of aryl methyl sites for hydroxylation is 1. The Bertz CT molecular complexity index is 1260. The molecule has 9 heteroatoms. The zero-order valence-corrected chi connectivity index (χ0v) is 18.4. The van der Waals surface area contributed by atoms with Crippen LogP contribution in [0.3, 0.4) is 0 Å². The van der Waals surface area contributed by atoms with Crippen molar-refractivity contribution in [3.05, 3.63) is 106 Å². The minimum Gasteiger partial charge on any atom is -0.319 e. The van der Waals surface area contributed by atoms with Crippen molar-refractivity contribution in [2.75, 3.05) is 11.9 Å². The van der Waals surface area contributed by atoms with Gasteiger partial charge < -0.3 is 10.6 Å². The largest absolute Gasteiger partial charge is 0.325 e. The van der Waals surface area contributed by atoms with E-state index in [0.29, 0.717) is 11.1 Å². The van der Waals surface area contributed by atoms with Gasteiger partial charge in [0.05, 0.1) is 4.92 Å². The van der Waals surface area contributed by atoms with Crippen LogP contribution in [-0.2, 0) is 21.5 Å². The summed E-state index contributed by atoms with van der Waals surface area (Å²) in [7, 11) is 0. The van der Waals surface area contributed by atoms with Gasteiger partial charge in [0.15, 0.2) is 5.54 Å². The summed E-state index contributed by atoms with van der Waals surface area (Å²) in [5.41, 5.74) is 0.429. The van der Waals surface area contributed by atoms with Gasteiger partial charge in [-0.1, -0.05) is 66.7 Å². The van der Waals surface area contributed by atoms with E-state index in [1.165, 1.54) is 12.1 Å². The van der Waals surface area contributed by atoms with Gasteiger partial charge >= 0.3 is 6.03 Å². The number of amides is 4. The van der Waals surface area contributed by atoms with Crippen molar-refractivity contribution in [2.24, 2.45) is 0 Å². The van der Waals surface area contributed by atoms with Gasteiger partial charge in [0.1, 0.15) is 12.2 Å². The molecular formula is C25H22N4O5. The van der Waals surface area contributed by atoms with Gasteiger partial charge in [0.2, 0.25) is 5.91 Å². The second-order valence-corrected chi connectivity index (χ2v) is 8.08. The summed E-state index contributed by atoms with van der Waals surface area (Å²) in [6.07, 6.45) is 0.198. The molecule has 0 spiro atoms. The molecule has 0 radical (unpaired) electrons. The van der Waals surface area contributed by atoms with E-state index in [4.69, 9.17) is 0 Å². The minimum atomic E-state index is -1.38. The predicted molar refractivity (Wildman–Crippen MR) is 125 cm³/mol. The summed E-state index contributed by atoms with van der Waals surface area (Å²) in [5.74, 6) is -1.29. The smallest absolute Gasteiger partial charge is 0.319 e. The van der Waals surface area contributed by atoms with Crippen molar-refractivity contribution in [3.8, 4) is 0 Å². The Morgan fingerprint density at radius 1 is 1.03 bits per heavy atom. The Kier molecular flexibility index (Phi) is 6.09. The highest BCUT2D eigenvalue weighted by Gasteiger charge is 2.52. The van der Waals surface area contributed by atoms with E-state index in [2.05, 4.69) is 10.6 Å². The van der Waals surface area contributed by atoms with Crippen LogP contribution in [0.15, 0.2) is 78.9 Å². The van der Waals surface area contributed by atoms with Crippen molar-refractivity contribution < 1.29 is 19.3 Å². The van der Waals surface area contributed by atoms with E-state index < -0.39 is 34.9 Å². The van der Waals surface area contributed by atoms with Crippen LogP contribution in [0.5, 0.6) is 0 Å².